The molecule has 3 heteroatoms. The number of esters is 1. The molecule has 1 fully saturated rings. The van der Waals surface area contributed by atoms with E-state index in [0.29, 0.717) is 12.6 Å². The molecular formula is C17H25NO2. The van der Waals surface area contributed by atoms with Crippen LogP contribution in [0.2, 0.25) is 0 Å². The fourth-order valence-corrected chi connectivity index (χ4v) is 2.91. The lowest BCUT2D eigenvalue weighted by atomic mass is 9.85. The zero-order valence-corrected chi connectivity index (χ0v) is 12.3. The van der Waals surface area contributed by atoms with E-state index in [1.165, 1.54) is 12.0 Å². The number of hydrogen-bond acceptors (Lipinski definition) is 3. The minimum atomic E-state index is -0.0120. The Morgan fingerprint density at radius 1 is 1.30 bits per heavy atom. The minimum Gasteiger partial charge on any atom is -0.466 e. The second-order valence-corrected chi connectivity index (χ2v) is 5.50. The molecule has 0 radical (unpaired) electrons. The average Bonchev–Trinajstić information content (AvgIpc) is 2.49. The lowest BCUT2D eigenvalue weighted by Crippen LogP contribution is -2.37. The summed E-state index contributed by atoms with van der Waals surface area (Å²) in [5.74, 6) is 0.0833. The highest BCUT2D eigenvalue weighted by molar-refractivity contribution is 5.72. The van der Waals surface area contributed by atoms with Gasteiger partial charge in [0.25, 0.3) is 0 Å². The molecule has 20 heavy (non-hydrogen) atoms. The number of nitrogens with one attached hydrogen (secondary N) is 1. The third-order valence-electron chi connectivity index (χ3n) is 3.98. The highest BCUT2D eigenvalue weighted by atomic mass is 16.5. The van der Waals surface area contributed by atoms with Crippen molar-refractivity contribution in [1.29, 1.82) is 0 Å². The van der Waals surface area contributed by atoms with Gasteiger partial charge in [-0.3, -0.25) is 4.79 Å². The first-order chi connectivity index (χ1) is 9.79. The summed E-state index contributed by atoms with van der Waals surface area (Å²) in [5, 5.41) is 3.59. The molecule has 2 atom stereocenters. The zero-order chi connectivity index (χ0) is 14.2. The Morgan fingerprint density at radius 3 is 2.85 bits per heavy atom. The average molecular weight is 275 g/mol. The van der Waals surface area contributed by atoms with Crippen molar-refractivity contribution in [1.82, 2.24) is 5.32 Å². The number of ether oxygens (including phenoxy) is 1. The van der Waals surface area contributed by atoms with E-state index in [2.05, 4.69) is 29.6 Å². The topological polar surface area (TPSA) is 38.3 Å². The van der Waals surface area contributed by atoms with Crippen molar-refractivity contribution in [3.63, 3.8) is 0 Å². The first-order valence-electron chi connectivity index (χ1n) is 7.73. The third kappa shape index (κ3) is 4.64. The predicted molar refractivity (Wildman–Crippen MR) is 80.5 cm³/mol. The Morgan fingerprint density at radius 2 is 2.10 bits per heavy atom. The smallest absolute Gasteiger partial charge is 0.308 e. The quantitative estimate of drug-likeness (QED) is 0.811. The molecule has 1 aliphatic rings. The molecule has 0 spiro atoms. The van der Waals surface area contributed by atoms with Crippen LogP contribution in [0.3, 0.4) is 0 Å². The zero-order valence-electron chi connectivity index (χ0n) is 12.3. The molecule has 3 nitrogen and oxygen atoms in total. The summed E-state index contributed by atoms with van der Waals surface area (Å²) in [6.45, 7) is 3.34. The van der Waals surface area contributed by atoms with E-state index in [9.17, 15) is 4.79 Å². The number of hydrogen-bond donors (Lipinski definition) is 1. The lowest BCUT2D eigenvalue weighted by Gasteiger charge is -2.28. The van der Waals surface area contributed by atoms with Crippen LogP contribution in [-0.4, -0.2) is 25.2 Å². The van der Waals surface area contributed by atoms with E-state index in [1.54, 1.807) is 0 Å². The molecule has 0 saturated heterocycles. The van der Waals surface area contributed by atoms with Gasteiger partial charge in [0.05, 0.1) is 12.5 Å². The van der Waals surface area contributed by atoms with Crippen molar-refractivity contribution in [3.05, 3.63) is 35.9 Å². The van der Waals surface area contributed by atoms with Gasteiger partial charge in [0.2, 0.25) is 0 Å². The first-order valence-corrected chi connectivity index (χ1v) is 7.73. The Labute approximate surface area is 121 Å². The highest BCUT2D eigenvalue weighted by Crippen LogP contribution is 2.25. The van der Waals surface area contributed by atoms with Crippen molar-refractivity contribution in [2.75, 3.05) is 13.2 Å². The summed E-state index contributed by atoms with van der Waals surface area (Å²) >= 11 is 0. The molecule has 1 N–H and O–H groups in total. The van der Waals surface area contributed by atoms with Crippen molar-refractivity contribution in [2.24, 2.45) is 5.92 Å². The second-order valence-electron chi connectivity index (χ2n) is 5.50. The van der Waals surface area contributed by atoms with E-state index in [0.717, 1.165) is 32.2 Å². The Bertz CT molecular complexity index is 405. The van der Waals surface area contributed by atoms with Crippen LogP contribution in [0.15, 0.2) is 30.3 Å². The molecule has 1 aliphatic carbocycles. The minimum absolute atomic E-state index is 0.0120. The van der Waals surface area contributed by atoms with E-state index >= 15 is 0 Å². The van der Waals surface area contributed by atoms with Crippen LogP contribution in [0.25, 0.3) is 0 Å². The lowest BCUT2D eigenvalue weighted by molar-refractivity contribution is -0.149. The summed E-state index contributed by atoms with van der Waals surface area (Å²) in [6, 6.07) is 11.0. The van der Waals surface area contributed by atoms with Crippen LogP contribution < -0.4 is 5.32 Å². The molecular weight excluding hydrogens is 250 g/mol. The maximum atomic E-state index is 11.8. The van der Waals surface area contributed by atoms with Crippen molar-refractivity contribution in [2.45, 2.75) is 45.1 Å². The van der Waals surface area contributed by atoms with E-state index in [4.69, 9.17) is 4.74 Å². The van der Waals surface area contributed by atoms with E-state index in [1.807, 2.05) is 13.0 Å². The van der Waals surface area contributed by atoms with Gasteiger partial charge in [-0.15, -0.1) is 0 Å². The fraction of sp³-hybridized carbons (Fsp3) is 0.588. The third-order valence-corrected chi connectivity index (χ3v) is 3.98. The van der Waals surface area contributed by atoms with Gasteiger partial charge in [0.15, 0.2) is 0 Å². The van der Waals surface area contributed by atoms with Crippen LogP contribution in [-0.2, 0) is 16.0 Å². The van der Waals surface area contributed by atoms with Crippen LogP contribution in [0.4, 0.5) is 0 Å². The van der Waals surface area contributed by atoms with Crippen LogP contribution in [0.1, 0.15) is 38.2 Å². The Hall–Kier alpha value is -1.35. The normalized spacial score (nSPS) is 22.4. The number of rotatable bonds is 6. The van der Waals surface area contributed by atoms with Gasteiger partial charge in [-0.05, 0) is 44.7 Å². The largest absolute Gasteiger partial charge is 0.466 e. The van der Waals surface area contributed by atoms with E-state index < -0.39 is 0 Å². The summed E-state index contributed by atoms with van der Waals surface area (Å²) in [5.41, 5.74) is 1.36. The summed E-state index contributed by atoms with van der Waals surface area (Å²) in [7, 11) is 0. The van der Waals surface area contributed by atoms with Gasteiger partial charge in [-0.1, -0.05) is 36.8 Å². The van der Waals surface area contributed by atoms with Gasteiger partial charge in [-0.25, -0.2) is 0 Å². The molecule has 2 unspecified atom stereocenters. The summed E-state index contributed by atoms with van der Waals surface area (Å²) < 4.78 is 5.14. The van der Waals surface area contributed by atoms with Crippen molar-refractivity contribution < 1.29 is 9.53 Å². The van der Waals surface area contributed by atoms with Gasteiger partial charge in [0.1, 0.15) is 0 Å². The molecule has 2 rings (SSSR count). The molecule has 1 aromatic rings. The van der Waals surface area contributed by atoms with Gasteiger partial charge < -0.3 is 10.1 Å². The van der Waals surface area contributed by atoms with Gasteiger partial charge >= 0.3 is 5.97 Å². The van der Waals surface area contributed by atoms with Crippen molar-refractivity contribution in [3.8, 4) is 0 Å². The molecule has 0 aromatic heterocycles. The number of benzene rings is 1. The molecule has 110 valence electrons. The second kappa shape index (κ2) is 8.05. The number of carbonyl (C=O) groups is 1. The summed E-state index contributed by atoms with van der Waals surface area (Å²) in [4.78, 5) is 11.8. The maximum absolute atomic E-state index is 11.8. The number of carbonyl (C=O) groups excluding carboxylic acids is 1. The Kier molecular flexibility index (Phi) is 6.06. The van der Waals surface area contributed by atoms with Crippen LogP contribution >= 0.6 is 0 Å². The maximum Gasteiger partial charge on any atom is 0.308 e. The summed E-state index contributed by atoms with van der Waals surface area (Å²) in [6.07, 6.45) is 5.24. The predicted octanol–water partition coefficient (Wildman–Crippen LogP) is 2.94. The first kappa shape index (κ1) is 15.0. The standard InChI is InChI=1S/C17H25NO2/c1-2-20-17(19)15-9-6-10-16(13-15)18-12-11-14-7-4-3-5-8-14/h3-5,7-8,15-16,18H,2,6,9-13H2,1H3. The highest BCUT2D eigenvalue weighted by Gasteiger charge is 2.27. The molecule has 0 amide bonds. The molecule has 1 aromatic carbocycles. The molecule has 0 aliphatic heterocycles. The SMILES string of the molecule is CCOC(=O)C1CCCC(NCCc2ccccc2)C1. The Balaban J connectivity index is 1.71. The molecule has 0 bridgehead atoms. The fourth-order valence-electron chi connectivity index (χ4n) is 2.91. The molecule has 1 saturated carbocycles. The van der Waals surface area contributed by atoms with Crippen LogP contribution in [0, 0.1) is 5.92 Å². The van der Waals surface area contributed by atoms with Crippen LogP contribution in [0.5, 0.6) is 0 Å². The monoisotopic (exact) mass is 275 g/mol. The van der Waals surface area contributed by atoms with Gasteiger partial charge in [0, 0.05) is 6.04 Å². The molecule has 0 heterocycles. The van der Waals surface area contributed by atoms with Gasteiger partial charge in [-0.2, -0.15) is 0 Å². The van der Waals surface area contributed by atoms with E-state index in [-0.39, 0.29) is 11.9 Å². The van der Waals surface area contributed by atoms with Crippen molar-refractivity contribution >= 4 is 5.97 Å².